The first kappa shape index (κ1) is 12.0. The molecule has 0 radical (unpaired) electrons. The van der Waals surface area contributed by atoms with Crippen LogP contribution in [0.25, 0.3) is 0 Å². The molecule has 0 bridgehead atoms. The van der Waals surface area contributed by atoms with Crippen LogP contribution in [0.15, 0.2) is 21.9 Å². The molecule has 86 valence electrons. The van der Waals surface area contributed by atoms with Gasteiger partial charge in [-0.25, -0.2) is 0 Å². The first-order valence-electron chi connectivity index (χ1n) is 4.90. The summed E-state index contributed by atoms with van der Waals surface area (Å²) in [4.78, 5) is 1.04. The smallest absolute Gasteiger partial charge is 0.174 e. The Morgan fingerprint density at radius 3 is 3.00 bits per heavy atom. The van der Waals surface area contributed by atoms with E-state index >= 15 is 0 Å². The molecule has 16 heavy (non-hydrogen) atoms. The summed E-state index contributed by atoms with van der Waals surface area (Å²) >= 11 is 4.85. The molecule has 2 rings (SSSR count). The number of hydrogen-bond acceptors (Lipinski definition) is 6. The van der Waals surface area contributed by atoms with Crippen molar-refractivity contribution < 1.29 is 5.11 Å². The van der Waals surface area contributed by atoms with Crippen LogP contribution in [0.5, 0.6) is 0 Å². The highest BCUT2D eigenvalue weighted by atomic mass is 32.2. The van der Waals surface area contributed by atoms with Gasteiger partial charge in [-0.05, 0) is 24.8 Å². The summed E-state index contributed by atoms with van der Waals surface area (Å²) < 4.78 is 0.982. The van der Waals surface area contributed by atoms with Crippen LogP contribution in [0.1, 0.15) is 22.4 Å². The highest BCUT2D eigenvalue weighted by molar-refractivity contribution is 8.01. The normalized spacial score (nSPS) is 12.9. The quantitative estimate of drug-likeness (QED) is 0.849. The van der Waals surface area contributed by atoms with E-state index < -0.39 is 0 Å². The van der Waals surface area contributed by atoms with Crippen LogP contribution < -0.4 is 0 Å². The number of aryl methyl sites for hydroxylation is 1. The lowest BCUT2D eigenvalue weighted by molar-refractivity contribution is 0.179. The summed E-state index contributed by atoms with van der Waals surface area (Å²) in [6.45, 7) is 1.95. The molecule has 0 aliphatic rings. The molecule has 2 heterocycles. The van der Waals surface area contributed by atoms with Crippen molar-refractivity contribution in [2.24, 2.45) is 0 Å². The SMILES string of the molecule is Cc1nnc(SCC[C@@H](O)c2cccs2)s1. The van der Waals surface area contributed by atoms with Crippen LogP contribution in [-0.4, -0.2) is 21.1 Å². The summed E-state index contributed by atoms with van der Waals surface area (Å²) in [5, 5.41) is 20.8. The van der Waals surface area contributed by atoms with Gasteiger partial charge in [0.2, 0.25) is 0 Å². The van der Waals surface area contributed by atoms with Crippen molar-refractivity contribution in [1.82, 2.24) is 10.2 Å². The first-order valence-corrected chi connectivity index (χ1v) is 7.58. The van der Waals surface area contributed by atoms with E-state index in [0.29, 0.717) is 0 Å². The zero-order valence-electron chi connectivity index (χ0n) is 8.79. The molecule has 0 aromatic carbocycles. The molecule has 0 aliphatic heterocycles. The minimum absolute atomic E-state index is 0.346. The van der Waals surface area contributed by atoms with E-state index in [-0.39, 0.29) is 6.10 Å². The second-order valence-corrected chi connectivity index (χ2v) is 6.76. The molecular weight excluding hydrogens is 260 g/mol. The maximum Gasteiger partial charge on any atom is 0.174 e. The lowest BCUT2D eigenvalue weighted by Gasteiger charge is -2.06. The van der Waals surface area contributed by atoms with E-state index in [0.717, 1.165) is 26.4 Å². The molecule has 0 fully saturated rings. The molecule has 6 heteroatoms. The van der Waals surface area contributed by atoms with Crippen molar-refractivity contribution in [1.29, 1.82) is 0 Å². The van der Waals surface area contributed by atoms with Gasteiger partial charge in [0.15, 0.2) is 4.34 Å². The molecule has 0 saturated heterocycles. The van der Waals surface area contributed by atoms with Crippen LogP contribution in [-0.2, 0) is 0 Å². The highest BCUT2D eigenvalue weighted by Crippen LogP contribution is 2.27. The molecule has 0 amide bonds. The predicted octanol–water partition coefficient (Wildman–Crippen LogP) is 3.12. The van der Waals surface area contributed by atoms with Gasteiger partial charge in [0.1, 0.15) is 5.01 Å². The average molecular weight is 272 g/mol. The van der Waals surface area contributed by atoms with Crippen molar-refractivity contribution in [2.45, 2.75) is 23.8 Å². The minimum Gasteiger partial charge on any atom is -0.388 e. The van der Waals surface area contributed by atoms with Crippen LogP contribution >= 0.6 is 34.4 Å². The Bertz CT molecular complexity index is 427. The van der Waals surface area contributed by atoms with Crippen molar-refractivity contribution in [3.8, 4) is 0 Å². The molecular formula is C10H12N2OS3. The van der Waals surface area contributed by atoms with Crippen LogP contribution in [0, 0.1) is 6.92 Å². The van der Waals surface area contributed by atoms with Crippen molar-refractivity contribution >= 4 is 34.4 Å². The van der Waals surface area contributed by atoms with Crippen molar-refractivity contribution in [3.63, 3.8) is 0 Å². The van der Waals surface area contributed by atoms with Gasteiger partial charge in [0, 0.05) is 10.6 Å². The first-order chi connectivity index (χ1) is 7.75. The van der Waals surface area contributed by atoms with Gasteiger partial charge in [-0.1, -0.05) is 29.2 Å². The third-order valence-corrected chi connectivity index (χ3v) is 4.97. The van der Waals surface area contributed by atoms with Gasteiger partial charge in [-0.3, -0.25) is 0 Å². The van der Waals surface area contributed by atoms with Crippen LogP contribution in [0.4, 0.5) is 0 Å². The van der Waals surface area contributed by atoms with E-state index in [1.54, 1.807) is 34.4 Å². The number of hydrogen-bond donors (Lipinski definition) is 1. The standard InChI is InChI=1S/C10H12N2OS3/c1-7-11-12-10(16-7)15-6-4-8(13)9-3-2-5-14-9/h2-3,5,8,13H,4,6H2,1H3/t8-/m1/s1. The fraction of sp³-hybridized carbons (Fsp3) is 0.400. The van der Waals surface area contributed by atoms with Gasteiger partial charge < -0.3 is 5.11 Å². The zero-order valence-corrected chi connectivity index (χ0v) is 11.2. The van der Waals surface area contributed by atoms with E-state index in [2.05, 4.69) is 10.2 Å². The average Bonchev–Trinajstić information content (AvgIpc) is 2.89. The lowest BCUT2D eigenvalue weighted by atomic mass is 10.2. The lowest BCUT2D eigenvalue weighted by Crippen LogP contribution is -1.95. The summed E-state index contributed by atoms with van der Waals surface area (Å²) in [5.74, 6) is 0.869. The van der Waals surface area contributed by atoms with Crippen molar-refractivity contribution in [3.05, 3.63) is 27.4 Å². The number of aliphatic hydroxyl groups excluding tert-OH is 1. The van der Waals surface area contributed by atoms with Gasteiger partial charge in [-0.15, -0.1) is 21.5 Å². The summed E-state index contributed by atoms with van der Waals surface area (Å²) in [6.07, 6.45) is 0.408. The van der Waals surface area contributed by atoms with Crippen LogP contribution in [0.3, 0.4) is 0 Å². The summed E-state index contributed by atoms with van der Waals surface area (Å²) in [7, 11) is 0. The zero-order chi connectivity index (χ0) is 11.4. The topological polar surface area (TPSA) is 46.0 Å². The number of nitrogens with zero attached hydrogens (tertiary/aromatic N) is 2. The molecule has 2 aromatic rings. The third-order valence-electron chi connectivity index (χ3n) is 2.00. The van der Waals surface area contributed by atoms with E-state index in [4.69, 9.17) is 0 Å². The van der Waals surface area contributed by atoms with E-state index in [1.807, 2.05) is 24.4 Å². The Morgan fingerprint density at radius 2 is 2.38 bits per heavy atom. The van der Waals surface area contributed by atoms with Crippen LogP contribution in [0.2, 0.25) is 0 Å². The second-order valence-electron chi connectivity index (χ2n) is 3.26. The minimum atomic E-state index is -0.346. The van der Waals surface area contributed by atoms with Gasteiger partial charge >= 0.3 is 0 Å². The number of aromatic nitrogens is 2. The van der Waals surface area contributed by atoms with Gasteiger partial charge in [-0.2, -0.15) is 0 Å². The van der Waals surface area contributed by atoms with Crippen molar-refractivity contribution in [2.75, 3.05) is 5.75 Å². The molecule has 0 aliphatic carbocycles. The number of thiophene rings is 1. The molecule has 0 saturated carbocycles. The third kappa shape index (κ3) is 3.28. The van der Waals surface area contributed by atoms with Gasteiger partial charge in [0.25, 0.3) is 0 Å². The number of aliphatic hydroxyl groups is 1. The predicted molar refractivity (Wildman–Crippen MR) is 69.3 cm³/mol. The Morgan fingerprint density at radius 1 is 1.50 bits per heavy atom. The molecule has 3 nitrogen and oxygen atoms in total. The number of thioether (sulfide) groups is 1. The Balaban J connectivity index is 1.76. The van der Waals surface area contributed by atoms with E-state index in [9.17, 15) is 5.11 Å². The highest BCUT2D eigenvalue weighted by Gasteiger charge is 2.09. The second kappa shape index (κ2) is 5.77. The number of rotatable bonds is 5. The monoisotopic (exact) mass is 272 g/mol. The fourth-order valence-electron chi connectivity index (χ4n) is 1.22. The summed E-state index contributed by atoms with van der Waals surface area (Å²) in [6, 6.07) is 3.93. The molecule has 1 atom stereocenters. The summed E-state index contributed by atoms with van der Waals surface area (Å²) in [5.41, 5.74) is 0. The Labute approximate surface area is 107 Å². The van der Waals surface area contributed by atoms with Gasteiger partial charge in [0.05, 0.1) is 6.10 Å². The maximum absolute atomic E-state index is 9.86. The fourth-order valence-corrected chi connectivity index (χ4v) is 3.84. The Kier molecular flexibility index (Phi) is 4.34. The van der Waals surface area contributed by atoms with E-state index in [1.165, 1.54) is 0 Å². The molecule has 1 N–H and O–H groups in total. The largest absolute Gasteiger partial charge is 0.388 e. The maximum atomic E-state index is 9.86. The molecule has 0 spiro atoms. The Hall–Kier alpha value is -0.430. The molecule has 0 unspecified atom stereocenters. The molecule has 2 aromatic heterocycles.